The van der Waals surface area contributed by atoms with E-state index in [-0.39, 0.29) is 0 Å². The molecule has 0 fully saturated rings. The lowest BCUT2D eigenvalue weighted by Gasteiger charge is -2.07. The maximum atomic E-state index is 5.45. The van der Waals surface area contributed by atoms with Crippen molar-refractivity contribution in [1.29, 1.82) is 0 Å². The van der Waals surface area contributed by atoms with Gasteiger partial charge in [-0.1, -0.05) is 175 Å². The normalized spacial score (nSPS) is 11.9. The van der Waals surface area contributed by atoms with Crippen LogP contribution in [0.5, 0.6) is 0 Å². The van der Waals surface area contributed by atoms with Gasteiger partial charge in [-0.3, -0.25) is 0 Å². The molecule has 0 aromatic heterocycles. The van der Waals surface area contributed by atoms with Crippen LogP contribution in [-0.4, -0.2) is 52.9 Å². The van der Waals surface area contributed by atoms with E-state index in [1.54, 1.807) is 0 Å². The van der Waals surface area contributed by atoms with Crippen LogP contribution in [0.3, 0.4) is 0 Å². The zero-order valence-corrected chi connectivity index (χ0v) is 42.2. The van der Waals surface area contributed by atoms with Crippen LogP contribution in [0.4, 0.5) is 0 Å². The van der Waals surface area contributed by atoms with Crippen LogP contribution in [0.15, 0.2) is 36.5 Å². The SMILES string of the molecule is CC(C)CC=CCC(C)C.CC(C)CC=CCOCC(C)C.CC(C)CC=CCOCC(C)C.CC(C)CCCOCC(C)C.CC(C)CCCOCC(C)C. The summed E-state index contributed by atoms with van der Waals surface area (Å²) in [6.07, 6.45) is 23.0. The topological polar surface area (TPSA) is 36.9 Å². The molecule has 0 aliphatic heterocycles. The predicted octanol–water partition coefficient (Wildman–Crippen LogP) is 16.3. The third kappa shape index (κ3) is 89.6. The average molecular weight is 797 g/mol. The maximum Gasteiger partial charge on any atom is 0.0647 e. The molecule has 0 N–H and O–H groups in total. The molecule has 0 unspecified atom stereocenters. The third-order valence-electron chi connectivity index (χ3n) is 7.30. The van der Waals surface area contributed by atoms with Gasteiger partial charge >= 0.3 is 0 Å². The Morgan fingerprint density at radius 3 is 0.714 bits per heavy atom. The lowest BCUT2D eigenvalue weighted by Crippen LogP contribution is -2.03. The monoisotopic (exact) mass is 797 g/mol. The van der Waals surface area contributed by atoms with Gasteiger partial charge in [0, 0.05) is 39.6 Å². The Kier molecular flexibility index (Phi) is 57.6. The van der Waals surface area contributed by atoms with E-state index in [4.69, 9.17) is 18.9 Å². The van der Waals surface area contributed by atoms with Crippen molar-refractivity contribution in [2.75, 3.05) is 52.9 Å². The van der Waals surface area contributed by atoms with Gasteiger partial charge in [-0.2, -0.15) is 0 Å². The summed E-state index contributed by atoms with van der Waals surface area (Å²) in [5.41, 5.74) is 0. The van der Waals surface area contributed by atoms with Gasteiger partial charge in [0.2, 0.25) is 0 Å². The smallest absolute Gasteiger partial charge is 0.0647 e. The van der Waals surface area contributed by atoms with E-state index in [9.17, 15) is 0 Å². The minimum Gasteiger partial charge on any atom is -0.381 e. The molecule has 0 aliphatic rings. The summed E-state index contributed by atoms with van der Waals surface area (Å²) in [7, 11) is 0. The maximum absolute atomic E-state index is 5.45. The van der Waals surface area contributed by atoms with Crippen LogP contribution in [0.2, 0.25) is 0 Å². The summed E-state index contributed by atoms with van der Waals surface area (Å²) in [6.45, 7) is 51.3. The molecular formula is C52H108O4. The molecule has 0 aliphatic carbocycles. The predicted molar refractivity (Wildman–Crippen MR) is 256 cm³/mol. The highest BCUT2D eigenvalue weighted by atomic mass is 16.5. The molecule has 0 heterocycles. The molecule has 0 aromatic carbocycles. The first-order valence-electron chi connectivity index (χ1n) is 23.4. The summed E-state index contributed by atoms with van der Waals surface area (Å²) < 4.78 is 21.7. The van der Waals surface area contributed by atoms with Crippen molar-refractivity contribution in [1.82, 2.24) is 0 Å². The molecule has 0 aromatic rings. The van der Waals surface area contributed by atoms with Gasteiger partial charge in [-0.15, -0.1) is 0 Å². The highest BCUT2D eigenvalue weighted by Gasteiger charge is 1.97. The lowest BCUT2D eigenvalue weighted by atomic mass is 10.1. The quantitative estimate of drug-likeness (QED) is 0.0584. The number of ether oxygens (including phenoxy) is 4. The minimum atomic E-state index is 0.642. The summed E-state index contributed by atoms with van der Waals surface area (Å²) >= 11 is 0. The lowest BCUT2D eigenvalue weighted by molar-refractivity contribution is 0.105. The van der Waals surface area contributed by atoms with Crippen molar-refractivity contribution in [2.24, 2.45) is 59.2 Å². The average Bonchev–Trinajstić information content (AvgIpc) is 3.06. The van der Waals surface area contributed by atoms with E-state index < -0.39 is 0 Å². The second kappa shape index (κ2) is 50.2. The summed E-state index contributed by atoms with van der Waals surface area (Å²) in [6, 6.07) is 0. The second-order valence-corrected chi connectivity index (χ2v) is 19.8. The molecule has 0 spiro atoms. The van der Waals surface area contributed by atoms with Gasteiger partial charge < -0.3 is 18.9 Å². The molecule has 0 saturated carbocycles. The first kappa shape index (κ1) is 64.2. The summed E-state index contributed by atoms with van der Waals surface area (Å²) in [4.78, 5) is 0. The molecule has 0 rings (SSSR count). The van der Waals surface area contributed by atoms with Gasteiger partial charge in [0.1, 0.15) is 0 Å². The Morgan fingerprint density at radius 1 is 0.268 bits per heavy atom. The zero-order valence-electron chi connectivity index (χ0n) is 42.2. The van der Waals surface area contributed by atoms with Crippen LogP contribution in [0.25, 0.3) is 0 Å². The van der Waals surface area contributed by atoms with Crippen molar-refractivity contribution < 1.29 is 18.9 Å². The minimum absolute atomic E-state index is 0.642. The van der Waals surface area contributed by atoms with Crippen LogP contribution >= 0.6 is 0 Å². The Hall–Kier alpha value is -0.940. The van der Waals surface area contributed by atoms with Crippen molar-refractivity contribution in [2.45, 2.75) is 190 Å². The van der Waals surface area contributed by atoms with Gasteiger partial charge in [-0.25, -0.2) is 0 Å². The molecule has 56 heavy (non-hydrogen) atoms. The third-order valence-corrected chi connectivity index (χ3v) is 7.30. The van der Waals surface area contributed by atoms with Gasteiger partial charge in [0.15, 0.2) is 0 Å². The summed E-state index contributed by atoms with van der Waals surface area (Å²) in [5.74, 6) is 7.40. The largest absolute Gasteiger partial charge is 0.381 e. The number of hydrogen-bond donors (Lipinski definition) is 0. The first-order chi connectivity index (χ1) is 26.1. The fourth-order valence-electron chi connectivity index (χ4n) is 4.18. The van der Waals surface area contributed by atoms with E-state index in [1.165, 1.54) is 38.5 Å². The van der Waals surface area contributed by atoms with E-state index in [0.717, 1.165) is 101 Å². The molecular weight excluding hydrogens is 689 g/mol. The van der Waals surface area contributed by atoms with E-state index in [2.05, 4.69) is 175 Å². The van der Waals surface area contributed by atoms with Crippen LogP contribution < -0.4 is 0 Å². The van der Waals surface area contributed by atoms with E-state index >= 15 is 0 Å². The molecule has 4 heteroatoms. The summed E-state index contributed by atoms with van der Waals surface area (Å²) in [5, 5.41) is 0. The standard InChI is InChI=1S/2C11H22O.2C10H22O.C10H20/c2*1-10(2)7-5-6-8-12-9-11(3)4;2*1-9(2)6-5-7-11-8-10(3)4;1-9(2)7-5-6-8-10(3)4/h2*5-6,10-11H,7-9H2,1-4H3;2*9-10H,5-8H2,1-4H3;5-6,9-10H,7-8H2,1-4H3. The van der Waals surface area contributed by atoms with Gasteiger partial charge in [0.25, 0.3) is 0 Å². The number of rotatable bonds is 28. The number of allylic oxidation sites excluding steroid dienone is 4. The molecule has 340 valence electrons. The van der Waals surface area contributed by atoms with Crippen molar-refractivity contribution in [3.05, 3.63) is 36.5 Å². The molecule has 4 nitrogen and oxygen atoms in total. The van der Waals surface area contributed by atoms with Crippen molar-refractivity contribution >= 4 is 0 Å². The Labute approximate surface area is 356 Å². The highest BCUT2D eigenvalue weighted by molar-refractivity contribution is 4.84. The zero-order chi connectivity index (χ0) is 44.2. The van der Waals surface area contributed by atoms with E-state index in [1.807, 2.05) is 0 Å². The fraction of sp³-hybridized carbons (Fsp3) is 0.885. The van der Waals surface area contributed by atoms with Gasteiger partial charge in [-0.05, 0) is 111 Å². The van der Waals surface area contributed by atoms with Crippen molar-refractivity contribution in [3.63, 3.8) is 0 Å². The van der Waals surface area contributed by atoms with Gasteiger partial charge in [0.05, 0.1) is 13.2 Å². The Morgan fingerprint density at radius 2 is 0.500 bits per heavy atom. The highest BCUT2D eigenvalue weighted by Crippen LogP contribution is 2.06. The van der Waals surface area contributed by atoms with Crippen LogP contribution in [0, 0.1) is 59.2 Å². The Balaban J connectivity index is -0.000000194. The Bertz CT molecular complexity index is 688. The molecule has 0 radical (unpaired) electrons. The molecule has 0 amide bonds. The van der Waals surface area contributed by atoms with E-state index in [0.29, 0.717) is 23.7 Å². The fourth-order valence-corrected chi connectivity index (χ4v) is 4.18. The molecule has 0 saturated heterocycles. The molecule has 0 bridgehead atoms. The van der Waals surface area contributed by atoms with Crippen LogP contribution in [0.1, 0.15) is 190 Å². The van der Waals surface area contributed by atoms with Crippen LogP contribution in [-0.2, 0) is 18.9 Å². The second-order valence-electron chi connectivity index (χ2n) is 19.8. The molecule has 0 atom stereocenters. The number of hydrogen-bond acceptors (Lipinski definition) is 4. The van der Waals surface area contributed by atoms with Crippen molar-refractivity contribution in [3.8, 4) is 0 Å². The first-order valence-corrected chi connectivity index (χ1v) is 23.4.